The summed E-state index contributed by atoms with van der Waals surface area (Å²) in [5.74, 6) is 0.776. The fraction of sp³-hybridized carbons (Fsp3) is 0.0476. The first-order valence-corrected chi connectivity index (χ1v) is 8.26. The molecule has 0 amide bonds. The molecule has 0 saturated carbocycles. The summed E-state index contributed by atoms with van der Waals surface area (Å²) in [6, 6.07) is 17.4. The van der Waals surface area contributed by atoms with Crippen LogP contribution in [0.3, 0.4) is 0 Å². The number of pyridine rings is 4. The molecule has 4 rings (SSSR count). The fourth-order valence-corrected chi connectivity index (χ4v) is 2.93. The van der Waals surface area contributed by atoms with Crippen LogP contribution in [0.25, 0.3) is 0 Å². The average Bonchev–Trinajstić information content (AvgIpc) is 2.74. The zero-order chi connectivity index (χ0) is 17.6. The Hall–Kier alpha value is -3.60. The van der Waals surface area contributed by atoms with E-state index in [1.807, 2.05) is 55.0 Å². The predicted octanol–water partition coefficient (Wildman–Crippen LogP) is 3.99. The Morgan fingerprint density at radius 1 is 0.731 bits per heavy atom. The lowest BCUT2D eigenvalue weighted by atomic mass is 9.99. The van der Waals surface area contributed by atoms with Crippen molar-refractivity contribution in [3.05, 3.63) is 109 Å². The highest BCUT2D eigenvalue weighted by atomic mass is 15.2. The van der Waals surface area contributed by atoms with E-state index in [9.17, 15) is 0 Å². The van der Waals surface area contributed by atoms with Gasteiger partial charge in [0, 0.05) is 31.0 Å². The summed E-state index contributed by atoms with van der Waals surface area (Å²) in [4.78, 5) is 19.5. The highest BCUT2D eigenvalue weighted by Crippen LogP contribution is 2.37. The molecule has 0 unspecified atom stereocenters. The number of anilines is 2. The molecule has 5 heteroatoms. The molecule has 4 aromatic rings. The first kappa shape index (κ1) is 15.9. The number of hydrogen-bond acceptors (Lipinski definition) is 5. The predicted molar refractivity (Wildman–Crippen MR) is 99.8 cm³/mol. The van der Waals surface area contributed by atoms with Crippen LogP contribution in [0.2, 0.25) is 0 Å². The summed E-state index contributed by atoms with van der Waals surface area (Å²) in [5.41, 5.74) is 3.00. The molecular weight excluding hydrogens is 322 g/mol. The quantitative estimate of drug-likeness (QED) is 0.551. The second-order valence-corrected chi connectivity index (χ2v) is 5.68. The maximum atomic E-state index is 4.46. The van der Waals surface area contributed by atoms with E-state index in [1.54, 1.807) is 24.7 Å². The smallest absolute Gasteiger partial charge is 0.134 e. The molecule has 0 spiro atoms. The molecule has 0 aliphatic rings. The second-order valence-electron chi connectivity index (χ2n) is 5.68. The normalized spacial score (nSPS) is 10.7. The lowest BCUT2D eigenvalue weighted by Gasteiger charge is -2.33. The van der Waals surface area contributed by atoms with Crippen LogP contribution in [0.1, 0.15) is 17.2 Å². The van der Waals surface area contributed by atoms with Crippen molar-refractivity contribution in [3.8, 4) is 0 Å². The van der Waals surface area contributed by atoms with Gasteiger partial charge in [0.1, 0.15) is 5.82 Å². The zero-order valence-electron chi connectivity index (χ0n) is 14.0. The second kappa shape index (κ2) is 7.53. The molecular formula is C21H16N5. The van der Waals surface area contributed by atoms with Gasteiger partial charge in [0.05, 0.1) is 24.1 Å². The molecule has 1 radical (unpaired) electrons. The maximum absolute atomic E-state index is 4.46. The van der Waals surface area contributed by atoms with Gasteiger partial charge in [-0.15, -0.1) is 0 Å². The molecule has 0 atom stereocenters. The Morgan fingerprint density at radius 2 is 1.38 bits per heavy atom. The molecule has 0 fully saturated rings. The molecule has 0 bridgehead atoms. The molecule has 0 saturated heterocycles. The first-order chi connectivity index (χ1) is 12.9. The SMILES string of the molecule is [c]1cccc(N(c2cccnc2)C(c2cccnc2)c2cccnc2)n1. The lowest BCUT2D eigenvalue weighted by Crippen LogP contribution is -2.26. The van der Waals surface area contributed by atoms with Crippen molar-refractivity contribution < 1.29 is 0 Å². The van der Waals surface area contributed by atoms with Crippen LogP contribution in [0.5, 0.6) is 0 Å². The minimum absolute atomic E-state index is 0.148. The van der Waals surface area contributed by atoms with E-state index in [0.717, 1.165) is 22.6 Å². The molecule has 4 heterocycles. The topological polar surface area (TPSA) is 54.8 Å². The van der Waals surface area contributed by atoms with Crippen LogP contribution in [0.15, 0.2) is 91.8 Å². The molecule has 5 nitrogen and oxygen atoms in total. The van der Waals surface area contributed by atoms with Gasteiger partial charge in [0.25, 0.3) is 0 Å². The minimum Gasteiger partial charge on any atom is -0.313 e. The summed E-state index contributed by atoms with van der Waals surface area (Å²) in [6.07, 6.45) is 13.8. The Bertz CT molecular complexity index is 771. The van der Waals surface area contributed by atoms with Crippen LogP contribution < -0.4 is 4.90 Å². The van der Waals surface area contributed by atoms with Crippen molar-refractivity contribution in [1.82, 2.24) is 19.9 Å². The summed E-state index contributed by atoms with van der Waals surface area (Å²) in [5, 5.41) is 0. The van der Waals surface area contributed by atoms with Gasteiger partial charge < -0.3 is 4.90 Å². The average molecular weight is 338 g/mol. The molecule has 26 heavy (non-hydrogen) atoms. The Kier molecular flexibility index (Phi) is 4.60. The molecule has 125 valence electrons. The lowest BCUT2D eigenvalue weighted by molar-refractivity contribution is 0.794. The van der Waals surface area contributed by atoms with E-state index < -0.39 is 0 Å². The van der Waals surface area contributed by atoms with E-state index in [1.165, 1.54) is 0 Å². The van der Waals surface area contributed by atoms with Gasteiger partial charge in [-0.1, -0.05) is 18.2 Å². The minimum atomic E-state index is -0.148. The van der Waals surface area contributed by atoms with Crippen molar-refractivity contribution in [2.24, 2.45) is 0 Å². The Balaban J connectivity index is 1.93. The van der Waals surface area contributed by atoms with Gasteiger partial charge in [-0.05, 0) is 47.5 Å². The van der Waals surface area contributed by atoms with Gasteiger partial charge >= 0.3 is 0 Å². The number of aromatic nitrogens is 4. The fourth-order valence-electron chi connectivity index (χ4n) is 2.93. The van der Waals surface area contributed by atoms with Crippen molar-refractivity contribution in [3.63, 3.8) is 0 Å². The number of rotatable bonds is 5. The number of hydrogen-bond donors (Lipinski definition) is 0. The molecule has 0 aromatic carbocycles. The van der Waals surface area contributed by atoms with Crippen LogP contribution >= 0.6 is 0 Å². The molecule has 0 N–H and O–H groups in total. The van der Waals surface area contributed by atoms with Crippen LogP contribution in [0, 0.1) is 6.20 Å². The highest BCUT2D eigenvalue weighted by Gasteiger charge is 2.26. The standard InChI is InChI=1S/C21H16N5/c1-2-13-25-20(9-1)26(19-8-5-12-24-16-19)21(17-6-3-10-22-14-17)18-7-4-11-23-15-18/h1-12,14-16,21H. The van der Waals surface area contributed by atoms with Crippen LogP contribution in [-0.2, 0) is 0 Å². The van der Waals surface area contributed by atoms with Crippen LogP contribution in [0.4, 0.5) is 11.5 Å². The van der Waals surface area contributed by atoms with E-state index in [-0.39, 0.29) is 6.04 Å². The van der Waals surface area contributed by atoms with Crippen molar-refractivity contribution in [2.45, 2.75) is 6.04 Å². The van der Waals surface area contributed by atoms with Crippen LogP contribution in [-0.4, -0.2) is 19.9 Å². The first-order valence-electron chi connectivity index (χ1n) is 8.26. The summed E-state index contributed by atoms with van der Waals surface area (Å²) in [7, 11) is 0. The Labute approximate surface area is 152 Å². The third-order valence-electron chi connectivity index (χ3n) is 4.02. The third-order valence-corrected chi connectivity index (χ3v) is 4.02. The maximum Gasteiger partial charge on any atom is 0.134 e. The number of nitrogens with zero attached hydrogens (tertiary/aromatic N) is 5. The van der Waals surface area contributed by atoms with Crippen molar-refractivity contribution in [2.75, 3.05) is 4.90 Å². The van der Waals surface area contributed by atoms with Gasteiger partial charge in [0.2, 0.25) is 0 Å². The van der Waals surface area contributed by atoms with Gasteiger partial charge in [-0.25, -0.2) is 4.98 Å². The van der Waals surface area contributed by atoms with Gasteiger partial charge in [0.15, 0.2) is 0 Å². The summed E-state index contributed by atoms with van der Waals surface area (Å²) >= 11 is 0. The van der Waals surface area contributed by atoms with Crippen molar-refractivity contribution >= 4 is 11.5 Å². The van der Waals surface area contributed by atoms with E-state index in [2.05, 4.69) is 43.2 Å². The van der Waals surface area contributed by atoms with Gasteiger partial charge in [-0.3, -0.25) is 15.0 Å². The van der Waals surface area contributed by atoms with E-state index in [0.29, 0.717) is 0 Å². The van der Waals surface area contributed by atoms with Crippen molar-refractivity contribution in [1.29, 1.82) is 0 Å². The molecule has 4 aromatic heterocycles. The highest BCUT2D eigenvalue weighted by molar-refractivity contribution is 5.63. The summed E-state index contributed by atoms with van der Waals surface area (Å²) in [6.45, 7) is 0. The largest absolute Gasteiger partial charge is 0.313 e. The summed E-state index contributed by atoms with van der Waals surface area (Å²) < 4.78 is 0. The molecule has 0 aliphatic heterocycles. The molecule has 0 aliphatic carbocycles. The van der Waals surface area contributed by atoms with E-state index >= 15 is 0 Å². The third kappa shape index (κ3) is 3.28. The Morgan fingerprint density at radius 3 is 1.88 bits per heavy atom. The zero-order valence-corrected chi connectivity index (χ0v) is 14.0. The van der Waals surface area contributed by atoms with Gasteiger partial charge in [-0.2, -0.15) is 0 Å². The van der Waals surface area contributed by atoms with E-state index in [4.69, 9.17) is 0 Å². The monoisotopic (exact) mass is 338 g/mol.